The molecule has 2 aromatic rings. The minimum absolute atomic E-state index is 0.00226. The topological polar surface area (TPSA) is 84.3 Å². The summed E-state index contributed by atoms with van der Waals surface area (Å²) < 4.78 is 6.46. The van der Waals surface area contributed by atoms with Gasteiger partial charge in [-0.15, -0.1) is 0 Å². The lowest BCUT2D eigenvalue weighted by Crippen LogP contribution is -2.25. The predicted octanol–water partition coefficient (Wildman–Crippen LogP) is 2.45. The van der Waals surface area contributed by atoms with Crippen LogP contribution in [0.5, 0.6) is 0 Å². The number of fused-ring (bicyclic) bond motifs is 1. The molecule has 24 heavy (non-hydrogen) atoms. The summed E-state index contributed by atoms with van der Waals surface area (Å²) in [5, 5.41) is 9.23. The Kier molecular flexibility index (Phi) is 3.52. The second-order valence-electron chi connectivity index (χ2n) is 6.72. The highest BCUT2D eigenvalue weighted by Gasteiger charge is 2.34. The van der Waals surface area contributed by atoms with Gasteiger partial charge in [-0.3, -0.25) is 0 Å². The summed E-state index contributed by atoms with van der Waals surface area (Å²) in [4.78, 5) is 14.3. The second kappa shape index (κ2) is 5.31. The summed E-state index contributed by atoms with van der Waals surface area (Å²) in [7, 11) is 3.36. The van der Waals surface area contributed by atoms with E-state index in [1.807, 2.05) is 24.3 Å². The summed E-state index contributed by atoms with van der Waals surface area (Å²) in [5.74, 6) is -0.564. The molecule has 0 saturated heterocycles. The normalized spacial score (nSPS) is 15.0. The van der Waals surface area contributed by atoms with Crippen LogP contribution in [-0.2, 0) is 10.2 Å². The number of nitriles is 1. The van der Waals surface area contributed by atoms with Gasteiger partial charge in [-0.1, -0.05) is 13.8 Å². The fourth-order valence-corrected chi connectivity index (χ4v) is 3.43. The number of carbonyl (C=O) groups is 1. The molecule has 6 nitrogen and oxygen atoms in total. The van der Waals surface area contributed by atoms with Crippen LogP contribution < -0.4 is 10.6 Å². The van der Waals surface area contributed by atoms with Crippen LogP contribution in [0.25, 0.3) is 5.69 Å². The van der Waals surface area contributed by atoms with Crippen molar-refractivity contribution < 1.29 is 9.53 Å². The number of nitrogen functional groups attached to an aromatic ring is 1. The molecule has 1 aromatic carbocycles. The number of benzene rings is 1. The molecular weight excluding hydrogens is 304 g/mol. The SMILES string of the molecule is COC(=O)c1c(N)c(C#N)cn1-c1ccc2c(c1)C(C)(C)CN2C. The van der Waals surface area contributed by atoms with Gasteiger partial charge in [0.05, 0.1) is 18.4 Å². The monoisotopic (exact) mass is 324 g/mol. The van der Waals surface area contributed by atoms with E-state index < -0.39 is 5.97 Å². The third-order valence-corrected chi connectivity index (χ3v) is 4.57. The molecule has 0 fully saturated rings. The Morgan fingerprint density at radius 2 is 2.12 bits per heavy atom. The van der Waals surface area contributed by atoms with E-state index in [1.165, 1.54) is 18.4 Å². The van der Waals surface area contributed by atoms with E-state index in [4.69, 9.17) is 10.5 Å². The fourth-order valence-electron chi connectivity index (χ4n) is 3.43. The number of hydrogen-bond donors (Lipinski definition) is 1. The summed E-state index contributed by atoms with van der Waals surface area (Å²) in [6.45, 7) is 5.29. The average molecular weight is 324 g/mol. The fraction of sp³-hybridized carbons (Fsp3) is 0.333. The molecule has 0 amide bonds. The molecule has 0 radical (unpaired) electrons. The van der Waals surface area contributed by atoms with Crippen molar-refractivity contribution in [2.45, 2.75) is 19.3 Å². The van der Waals surface area contributed by atoms with Crippen molar-refractivity contribution in [2.75, 3.05) is 31.3 Å². The molecule has 2 heterocycles. The number of ether oxygens (including phenoxy) is 1. The number of nitrogens with two attached hydrogens (primary N) is 1. The maximum Gasteiger partial charge on any atom is 0.357 e. The van der Waals surface area contributed by atoms with Gasteiger partial charge in [-0.05, 0) is 23.8 Å². The second-order valence-corrected chi connectivity index (χ2v) is 6.72. The van der Waals surface area contributed by atoms with Crippen molar-refractivity contribution in [2.24, 2.45) is 0 Å². The first-order valence-corrected chi connectivity index (χ1v) is 7.65. The Labute approximate surface area is 141 Å². The minimum atomic E-state index is -0.564. The Morgan fingerprint density at radius 1 is 1.42 bits per heavy atom. The number of likely N-dealkylation sites (N-methyl/N-ethyl adjacent to an activating group) is 1. The van der Waals surface area contributed by atoms with Gasteiger partial charge in [0, 0.05) is 36.6 Å². The van der Waals surface area contributed by atoms with Crippen LogP contribution in [-0.4, -0.2) is 31.2 Å². The highest BCUT2D eigenvalue weighted by molar-refractivity contribution is 5.96. The molecule has 0 unspecified atom stereocenters. The molecule has 0 spiro atoms. The van der Waals surface area contributed by atoms with E-state index in [9.17, 15) is 10.1 Å². The third kappa shape index (κ3) is 2.21. The van der Waals surface area contributed by atoms with Crippen LogP contribution in [0, 0.1) is 11.3 Å². The van der Waals surface area contributed by atoms with Crippen molar-refractivity contribution in [1.82, 2.24) is 4.57 Å². The van der Waals surface area contributed by atoms with Gasteiger partial charge in [0.1, 0.15) is 6.07 Å². The largest absolute Gasteiger partial charge is 0.464 e. The first-order chi connectivity index (χ1) is 11.3. The van der Waals surface area contributed by atoms with Gasteiger partial charge in [0.15, 0.2) is 5.69 Å². The number of anilines is 2. The highest BCUT2D eigenvalue weighted by atomic mass is 16.5. The van der Waals surface area contributed by atoms with Gasteiger partial charge in [0.25, 0.3) is 0 Å². The molecule has 0 saturated carbocycles. The Morgan fingerprint density at radius 3 is 2.75 bits per heavy atom. The minimum Gasteiger partial charge on any atom is -0.464 e. The Bertz CT molecular complexity index is 874. The standard InChI is InChI=1S/C18H20N4O2/c1-18(2)10-21(3)14-6-5-12(7-13(14)18)22-9-11(8-19)15(20)16(22)17(23)24-4/h5-7,9H,10,20H2,1-4H3. The lowest BCUT2D eigenvalue weighted by molar-refractivity contribution is 0.0593. The zero-order valence-corrected chi connectivity index (χ0v) is 14.3. The lowest BCUT2D eigenvalue weighted by atomic mass is 9.87. The highest BCUT2D eigenvalue weighted by Crippen LogP contribution is 2.41. The van der Waals surface area contributed by atoms with Crippen LogP contribution in [0.4, 0.5) is 11.4 Å². The van der Waals surface area contributed by atoms with E-state index in [2.05, 4.69) is 25.8 Å². The molecule has 124 valence electrons. The maximum absolute atomic E-state index is 12.1. The molecule has 1 aliphatic rings. The van der Waals surface area contributed by atoms with Crippen LogP contribution in [0.2, 0.25) is 0 Å². The third-order valence-electron chi connectivity index (χ3n) is 4.57. The Hall–Kier alpha value is -2.94. The van der Waals surface area contributed by atoms with Crippen LogP contribution in [0.3, 0.4) is 0 Å². The molecule has 2 N–H and O–H groups in total. The number of esters is 1. The molecular formula is C18H20N4O2. The first-order valence-electron chi connectivity index (χ1n) is 7.65. The van der Waals surface area contributed by atoms with Crippen molar-refractivity contribution in [3.05, 3.63) is 41.2 Å². The zero-order chi connectivity index (χ0) is 17.6. The first kappa shape index (κ1) is 15.9. The lowest BCUT2D eigenvalue weighted by Gasteiger charge is -2.19. The van der Waals surface area contributed by atoms with Crippen molar-refractivity contribution in [3.63, 3.8) is 0 Å². The number of hydrogen-bond acceptors (Lipinski definition) is 5. The molecule has 1 aliphatic heterocycles. The van der Waals surface area contributed by atoms with Crippen LogP contribution in [0.15, 0.2) is 24.4 Å². The van der Waals surface area contributed by atoms with Gasteiger partial charge in [-0.25, -0.2) is 4.79 Å². The van der Waals surface area contributed by atoms with Crippen LogP contribution >= 0.6 is 0 Å². The average Bonchev–Trinajstić information content (AvgIpc) is 3.00. The number of carbonyl (C=O) groups excluding carboxylic acids is 1. The van der Waals surface area contributed by atoms with Crippen molar-refractivity contribution >= 4 is 17.3 Å². The molecule has 0 aliphatic carbocycles. The van der Waals surface area contributed by atoms with Crippen molar-refractivity contribution in [3.8, 4) is 11.8 Å². The summed E-state index contributed by atoms with van der Waals surface area (Å²) in [5.41, 5.74) is 9.69. The zero-order valence-electron chi connectivity index (χ0n) is 14.3. The van der Waals surface area contributed by atoms with E-state index in [1.54, 1.807) is 10.8 Å². The van der Waals surface area contributed by atoms with Crippen molar-refractivity contribution in [1.29, 1.82) is 5.26 Å². The predicted molar refractivity (Wildman–Crippen MR) is 92.5 cm³/mol. The van der Waals surface area contributed by atoms with E-state index >= 15 is 0 Å². The molecule has 3 rings (SSSR count). The van der Waals surface area contributed by atoms with E-state index in [0.29, 0.717) is 0 Å². The maximum atomic E-state index is 12.1. The van der Waals surface area contributed by atoms with Crippen LogP contribution in [0.1, 0.15) is 35.5 Å². The summed E-state index contributed by atoms with van der Waals surface area (Å²) in [6.07, 6.45) is 1.58. The number of methoxy groups -OCH3 is 1. The number of nitrogens with zero attached hydrogens (tertiary/aromatic N) is 3. The molecule has 6 heteroatoms. The molecule has 0 atom stereocenters. The van der Waals surface area contributed by atoms with E-state index in [-0.39, 0.29) is 22.4 Å². The molecule has 1 aromatic heterocycles. The number of aromatic nitrogens is 1. The van der Waals surface area contributed by atoms with Gasteiger partial charge >= 0.3 is 5.97 Å². The van der Waals surface area contributed by atoms with Gasteiger partial charge in [-0.2, -0.15) is 5.26 Å². The Balaban J connectivity index is 2.22. The summed E-state index contributed by atoms with van der Waals surface area (Å²) in [6, 6.07) is 8.02. The van der Waals surface area contributed by atoms with Gasteiger partial charge in [0.2, 0.25) is 0 Å². The summed E-state index contributed by atoms with van der Waals surface area (Å²) >= 11 is 0. The molecule has 0 bridgehead atoms. The smallest absolute Gasteiger partial charge is 0.357 e. The van der Waals surface area contributed by atoms with Gasteiger partial charge < -0.3 is 19.9 Å². The van der Waals surface area contributed by atoms with E-state index in [0.717, 1.165) is 12.2 Å². The quantitative estimate of drug-likeness (QED) is 0.858. The number of rotatable bonds is 2.